The minimum atomic E-state index is 0.717. The van der Waals surface area contributed by atoms with Crippen molar-refractivity contribution in [2.75, 3.05) is 39.5 Å². The third-order valence-electron chi connectivity index (χ3n) is 4.74. The van der Waals surface area contributed by atoms with Crippen LogP contribution in [0.5, 0.6) is 5.75 Å². The number of H-pyrrole nitrogens is 1. The van der Waals surface area contributed by atoms with E-state index in [1.807, 2.05) is 6.20 Å². The van der Waals surface area contributed by atoms with Crippen molar-refractivity contribution in [2.24, 2.45) is 0 Å². The van der Waals surface area contributed by atoms with Gasteiger partial charge in [-0.3, -0.25) is 4.90 Å². The first-order valence-electron chi connectivity index (χ1n) is 9.17. The number of morpholine rings is 1. The molecule has 2 aromatic heterocycles. The average molecular weight is 352 g/mol. The Morgan fingerprint density at radius 1 is 1.04 bits per heavy atom. The summed E-state index contributed by atoms with van der Waals surface area (Å²) in [5.41, 5.74) is 4.28. The number of fused-ring (bicyclic) bond motifs is 1. The highest BCUT2D eigenvalue weighted by Crippen LogP contribution is 2.15. The summed E-state index contributed by atoms with van der Waals surface area (Å²) < 4.78 is 11.2. The van der Waals surface area contributed by atoms with Gasteiger partial charge in [0.25, 0.3) is 0 Å². The van der Waals surface area contributed by atoms with Crippen LogP contribution < -0.4 is 4.74 Å². The van der Waals surface area contributed by atoms with Crippen molar-refractivity contribution in [1.29, 1.82) is 0 Å². The first-order chi connectivity index (χ1) is 12.9. The van der Waals surface area contributed by atoms with Crippen LogP contribution in [-0.4, -0.2) is 59.3 Å². The van der Waals surface area contributed by atoms with E-state index in [2.05, 4.69) is 50.2 Å². The molecule has 0 amide bonds. The Hall–Kier alpha value is -2.44. The summed E-state index contributed by atoms with van der Waals surface area (Å²) in [6.07, 6.45) is 5.53. The largest absolute Gasteiger partial charge is 0.492 e. The predicted octanol–water partition coefficient (Wildman–Crippen LogP) is 2.45. The van der Waals surface area contributed by atoms with E-state index in [1.165, 1.54) is 11.1 Å². The number of hydrogen-bond donors (Lipinski definition) is 1. The van der Waals surface area contributed by atoms with Crippen molar-refractivity contribution in [3.05, 3.63) is 54.0 Å². The third-order valence-corrected chi connectivity index (χ3v) is 4.74. The maximum atomic E-state index is 5.86. The molecule has 0 spiro atoms. The van der Waals surface area contributed by atoms with Gasteiger partial charge in [0.15, 0.2) is 5.65 Å². The number of pyridine rings is 1. The van der Waals surface area contributed by atoms with Gasteiger partial charge in [-0.25, -0.2) is 9.97 Å². The smallest absolute Gasteiger partial charge is 0.177 e. The van der Waals surface area contributed by atoms with E-state index in [0.717, 1.165) is 69.2 Å². The summed E-state index contributed by atoms with van der Waals surface area (Å²) in [7, 11) is 0. The lowest BCUT2D eigenvalue weighted by Crippen LogP contribution is -2.38. The number of ether oxygens (including phenoxy) is 2. The van der Waals surface area contributed by atoms with Crippen LogP contribution in [0.15, 0.2) is 42.9 Å². The van der Waals surface area contributed by atoms with Gasteiger partial charge in [-0.2, -0.15) is 0 Å². The fourth-order valence-corrected chi connectivity index (χ4v) is 3.17. The van der Waals surface area contributed by atoms with E-state index in [-0.39, 0.29) is 0 Å². The van der Waals surface area contributed by atoms with Crippen molar-refractivity contribution in [1.82, 2.24) is 19.9 Å². The molecule has 0 atom stereocenters. The molecule has 26 heavy (non-hydrogen) atoms. The maximum absolute atomic E-state index is 5.86. The number of benzene rings is 1. The van der Waals surface area contributed by atoms with E-state index in [1.54, 1.807) is 6.33 Å². The van der Waals surface area contributed by atoms with Gasteiger partial charge in [-0.1, -0.05) is 12.1 Å². The third kappa shape index (κ3) is 4.39. The van der Waals surface area contributed by atoms with Crippen molar-refractivity contribution in [2.45, 2.75) is 12.8 Å². The molecule has 0 bridgehead atoms. The van der Waals surface area contributed by atoms with Crippen LogP contribution in [0.1, 0.15) is 11.1 Å². The predicted molar refractivity (Wildman–Crippen MR) is 100 cm³/mol. The van der Waals surface area contributed by atoms with Crippen molar-refractivity contribution in [3.8, 4) is 5.75 Å². The SMILES string of the molecule is c1nc2ncc(CCc3ccc(OCCN4CCOCC4)cc3)cc2[nH]1. The Labute approximate surface area is 153 Å². The summed E-state index contributed by atoms with van der Waals surface area (Å²) in [6.45, 7) is 5.33. The van der Waals surface area contributed by atoms with Gasteiger partial charge in [-0.05, 0) is 42.2 Å². The normalized spacial score (nSPS) is 15.4. The Bertz CT molecular complexity index is 825. The molecule has 6 heteroatoms. The summed E-state index contributed by atoms with van der Waals surface area (Å²) in [6, 6.07) is 10.5. The van der Waals surface area contributed by atoms with Crippen LogP contribution in [0.3, 0.4) is 0 Å². The number of rotatable bonds is 7. The molecule has 3 heterocycles. The molecule has 1 aliphatic rings. The molecule has 1 fully saturated rings. The van der Waals surface area contributed by atoms with Gasteiger partial charge in [0.2, 0.25) is 0 Å². The zero-order valence-electron chi connectivity index (χ0n) is 14.9. The molecule has 0 unspecified atom stereocenters. The van der Waals surface area contributed by atoms with Crippen LogP contribution >= 0.6 is 0 Å². The number of nitrogens with zero attached hydrogens (tertiary/aromatic N) is 3. The molecular formula is C20H24N4O2. The van der Waals surface area contributed by atoms with Gasteiger partial charge in [-0.15, -0.1) is 0 Å². The topological polar surface area (TPSA) is 63.3 Å². The molecule has 136 valence electrons. The van der Waals surface area contributed by atoms with Crippen LogP contribution in [0.4, 0.5) is 0 Å². The Morgan fingerprint density at radius 2 is 1.85 bits per heavy atom. The van der Waals surface area contributed by atoms with Gasteiger partial charge in [0, 0.05) is 25.8 Å². The van der Waals surface area contributed by atoms with E-state index in [0.29, 0.717) is 0 Å². The summed E-state index contributed by atoms with van der Waals surface area (Å²) in [5, 5.41) is 0. The molecule has 1 N–H and O–H groups in total. The van der Waals surface area contributed by atoms with Crippen molar-refractivity contribution < 1.29 is 9.47 Å². The molecule has 1 aromatic carbocycles. The molecule has 4 rings (SSSR count). The second kappa shape index (κ2) is 8.29. The lowest BCUT2D eigenvalue weighted by atomic mass is 10.1. The summed E-state index contributed by atoms with van der Waals surface area (Å²) >= 11 is 0. The van der Waals surface area contributed by atoms with Crippen LogP contribution in [-0.2, 0) is 17.6 Å². The minimum Gasteiger partial charge on any atom is -0.492 e. The van der Waals surface area contributed by atoms with Gasteiger partial charge < -0.3 is 14.5 Å². The maximum Gasteiger partial charge on any atom is 0.177 e. The number of aryl methyl sites for hydroxylation is 2. The standard InChI is InChI=1S/C20H24N4O2/c1(2-17-13-19-20(21-14-17)23-15-22-19)16-3-5-18(6-4-16)26-12-9-24-7-10-25-11-8-24/h3-6,13-15H,1-2,7-12H2,(H,21,22,23). The zero-order chi connectivity index (χ0) is 17.6. The Morgan fingerprint density at radius 3 is 2.69 bits per heavy atom. The second-order valence-electron chi connectivity index (χ2n) is 6.56. The average Bonchev–Trinajstić information content (AvgIpc) is 3.16. The van der Waals surface area contributed by atoms with Gasteiger partial charge >= 0.3 is 0 Å². The molecular weight excluding hydrogens is 328 g/mol. The monoisotopic (exact) mass is 352 g/mol. The first-order valence-corrected chi connectivity index (χ1v) is 9.17. The van der Waals surface area contributed by atoms with Gasteiger partial charge in [0.05, 0.1) is 25.1 Å². The van der Waals surface area contributed by atoms with Gasteiger partial charge in [0.1, 0.15) is 12.4 Å². The fraction of sp³-hybridized carbons (Fsp3) is 0.400. The first kappa shape index (κ1) is 17.0. The van der Waals surface area contributed by atoms with E-state index >= 15 is 0 Å². The highest BCUT2D eigenvalue weighted by molar-refractivity contribution is 5.70. The number of imidazole rings is 1. The van der Waals surface area contributed by atoms with E-state index < -0.39 is 0 Å². The van der Waals surface area contributed by atoms with Crippen LogP contribution in [0.25, 0.3) is 11.2 Å². The van der Waals surface area contributed by atoms with Crippen molar-refractivity contribution in [3.63, 3.8) is 0 Å². The highest BCUT2D eigenvalue weighted by Gasteiger charge is 2.09. The summed E-state index contributed by atoms with van der Waals surface area (Å²) in [4.78, 5) is 14.0. The number of hydrogen-bond acceptors (Lipinski definition) is 5. The molecule has 0 saturated carbocycles. The van der Waals surface area contributed by atoms with E-state index in [4.69, 9.17) is 9.47 Å². The molecule has 0 radical (unpaired) electrons. The zero-order valence-corrected chi connectivity index (χ0v) is 14.9. The molecule has 3 aromatic rings. The highest BCUT2D eigenvalue weighted by atomic mass is 16.5. The Kier molecular flexibility index (Phi) is 5.42. The van der Waals surface area contributed by atoms with Crippen LogP contribution in [0.2, 0.25) is 0 Å². The molecule has 1 saturated heterocycles. The lowest BCUT2D eigenvalue weighted by Gasteiger charge is -2.26. The molecule has 6 nitrogen and oxygen atoms in total. The lowest BCUT2D eigenvalue weighted by molar-refractivity contribution is 0.0322. The fourth-order valence-electron chi connectivity index (χ4n) is 3.17. The van der Waals surface area contributed by atoms with Crippen LogP contribution in [0, 0.1) is 0 Å². The second-order valence-corrected chi connectivity index (χ2v) is 6.56. The van der Waals surface area contributed by atoms with Crippen molar-refractivity contribution >= 4 is 11.2 Å². The number of aromatic nitrogens is 3. The molecule has 0 aliphatic carbocycles. The Balaban J connectivity index is 1.24. The minimum absolute atomic E-state index is 0.717. The molecule has 1 aliphatic heterocycles. The summed E-state index contributed by atoms with van der Waals surface area (Å²) in [5.74, 6) is 0.933. The number of nitrogens with one attached hydrogen (secondary N) is 1. The number of aromatic amines is 1. The quantitative estimate of drug-likeness (QED) is 0.708. The van der Waals surface area contributed by atoms with E-state index in [9.17, 15) is 0 Å².